The molecule has 0 spiro atoms. The van der Waals surface area contributed by atoms with Crippen LogP contribution in [0.4, 0.5) is 5.69 Å². The van der Waals surface area contributed by atoms with Crippen LogP contribution in [0.1, 0.15) is 24.0 Å². The van der Waals surface area contributed by atoms with Crippen LogP contribution >= 0.6 is 11.6 Å². The number of phenols is 1. The second-order valence-electron chi connectivity index (χ2n) is 4.93. The summed E-state index contributed by atoms with van der Waals surface area (Å²) in [4.78, 5) is 14.4. The number of halogens is 1. The molecule has 2 rings (SSSR count). The molecule has 0 saturated heterocycles. The van der Waals surface area contributed by atoms with Gasteiger partial charge in [0.15, 0.2) is 0 Å². The monoisotopic (exact) mass is 318 g/mol. The number of nitro groups is 1. The predicted molar refractivity (Wildman–Crippen MR) is 87.1 cm³/mol. The van der Waals surface area contributed by atoms with E-state index in [-0.39, 0.29) is 16.5 Å². The van der Waals surface area contributed by atoms with Gasteiger partial charge in [0.05, 0.1) is 4.92 Å². The minimum Gasteiger partial charge on any atom is -0.502 e. The quantitative estimate of drug-likeness (QED) is 0.510. The highest BCUT2D eigenvalue weighted by molar-refractivity contribution is 6.31. The van der Waals surface area contributed by atoms with Gasteiger partial charge in [-0.05, 0) is 11.6 Å². The van der Waals surface area contributed by atoms with Gasteiger partial charge in [-0.25, -0.2) is 0 Å². The minimum absolute atomic E-state index is 0.182. The molecule has 22 heavy (non-hydrogen) atoms. The Kier molecular flexibility index (Phi) is 5.12. The van der Waals surface area contributed by atoms with E-state index in [1.807, 2.05) is 37.3 Å². The van der Waals surface area contributed by atoms with Gasteiger partial charge in [0, 0.05) is 35.3 Å². The van der Waals surface area contributed by atoms with E-state index in [0.717, 1.165) is 11.6 Å². The summed E-state index contributed by atoms with van der Waals surface area (Å²) in [5.74, 6) is -0.223. The average molecular weight is 319 g/mol. The van der Waals surface area contributed by atoms with Crippen molar-refractivity contribution in [2.24, 2.45) is 4.99 Å². The molecule has 0 aromatic heterocycles. The molecule has 0 amide bonds. The van der Waals surface area contributed by atoms with Crippen molar-refractivity contribution in [3.63, 3.8) is 0 Å². The normalized spacial score (nSPS) is 12.5. The Bertz CT molecular complexity index is 702. The molecule has 0 radical (unpaired) electrons. The van der Waals surface area contributed by atoms with E-state index < -0.39 is 16.4 Å². The first kappa shape index (κ1) is 16.0. The van der Waals surface area contributed by atoms with Crippen molar-refractivity contribution in [2.75, 3.05) is 6.54 Å². The van der Waals surface area contributed by atoms with Crippen LogP contribution in [0.2, 0.25) is 5.02 Å². The van der Waals surface area contributed by atoms with Crippen molar-refractivity contribution in [1.29, 1.82) is 0 Å². The number of rotatable bonds is 5. The number of aliphatic imine (C=N–C) groups is 1. The van der Waals surface area contributed by atoms with Crippen LogP contribution < -0.4 is 0 Å². The van der Waals surface area contributed by atoms with Crippen LogP contribution in [0, 0.1) is 10.1 Å². The summed E-state index contributed by atoms with van der Waals surface area (Å²) >= 11 is 5.83. The zero-order valence-electron chi connectivity index (χ0n) is 11.9. The van der Waals surface area contributed by atoms with Gasteiger partial charge in [-0.15, -0.1) is 0 Å². The molecule has 6 heteroatoms. The number of phenolic OH excluding ortho intramolecular Hbond substituents is 1. The summed E-state index contributed by atoms with van der Waals surface area (Å²) in [6, 6.07) is 12.5. The largest absolute Gasteiger partial charge is 0.502 e. The zero-order chi connectivity index (χ0) is 16.1. The molecule has 0 aliphatic rings. The third kappa shape index (κ3) is 3.83. The van der Waals surface area contributed by atoms with Crippen LogP contribution in [0.25, 0.3) is 0 Å². The minimum atomic E-state index is -0.675. The standard InChI is InChI=1S/C16H15ClN2O3/c1-11(12-5-3-2-4-6-12)9-18-10-13-7-14(17)8-15(16(13)20)19(21)22/h2-8,10-11,20H,9H2,1H3/t11-/m0/s1. The number of benzene rings is 2. The van der Waals surface area contributed by atoms with E-state index >= 15 is 0 Å². The molecule has 0 aliphatic heterocycles. The predicted octanol–water partition coefficient (Wildman–Crippen LogP) is 4.18. The average Bonchev–Trinajstić information content (AvgIpc) is 2.50. The molecule has 0 aliphatic carbocycles. The van der Waals surface area contributed by atoms with Crippen molar-refractivity contribution in [1.82, 2.24) is 0 Å². The number of hydrogen-bond donors (Lipinski definition) is 1. The van der Waals surface area contributed by atoms with Gasteiger partial charge in [0.2, 0.25) is 5.75 Å². The Labute approximate surface area is 133 Å². The molecular formula is C16H15ClN2O3. The smallest absolute Gasteiger partial charge is 0.312 e. The van der Waals surface area contributed by atoms with E-state index in [0.29, 0.717) is 6.54 Å². The Morgan fingerprint density at radius 3 is 2.68 bits per heavy atom. The molecule has 114 valence electrons. The lowest BCUT2D eigenvalue weighted by molar-refractivity contribution is -0.385. The highest BCUT2D eigenvalue weighted by atomic mass is 35.5. The topological polar surface area (TPSA) is 75.7 Å². The van der Waals surface area contributed by atoms with Crippen LogP contribution in [0.5, 0.6) is 5.75 Å². The van der Waals surface area contributed by atoms with E-state index in [4.69, 9.17) is 11.6 Å². The number of aromatic hydroxyl groups is 1. The highest BCUT2D eigenvalue weighted by Crippen LogP contribution is 2.32. The lowest BCUT2D eigenvalue weighted by Crippen LogP contribution is -1.98. The maximum atomic E-state index is 10.8. The van der Waals surface area contributed by atoms with E-state index in [1.54, 1.807) is 0 Å². The van der Waals surface area contributed by atoms with Crippen LogP contribution in [0.3, 0.4) is 0 Å². The number of hydrogen-bond acceptors (Lipinski definition) is 4. The van der Waals surface area contributed by atoms with Crippen LogP contribution in [0.15, 0.2) is 47.5 Å². The second kappa shape index (κ2) is 7.04. The second-order valence-corrected chi connectivity index (χ2v) is 5.36. The lowest BCUT2D eigenvalue weighted by Gasteiger charge is -2.08. The summed E-state index contributed by atoms with van der Waals surface area (Å²) in [6.07, 6.45) is 1.41. The number of nitro benzene ring substituents is 1. The maximum absolute atomic E-state index is 10.8. The molecule has 0 bridgehead atoms. The molecule has 1 N–H and O–H groups in total. The fourth-order valence-electron chi connectivity index (χ4n) is 2.04. The molecule has 0 fully saturated rings. The van der Waals surface area contributed by atoms with Gasteiger partial charge in [0.25, 0.3) is 0 Å². The van der Waals surface area contributed by atoms with Gasteiger partial charge < -0.3 is 5.11 Å². The summed E-state index contributed by atoms with van der Waals surface area (Å²) in [6.45, 7) is 2.54. The Morgan fingerprint density at radius 1 is 1.36 bits per heavy atom. The van der Waals surface area contributed by atoms with Gasteiger partial charge >= 0.3 is 5.69 Å². The molecule has 2 aromatic rings. The third-order valence-corrected chi connectivity index (χ3v) is 3.48. The summed E-state index contributed by atoms with van der Waals surface area (Å²) in [5.41, 5.74) is 0.963. The zero-order valence-corrected chi connectivity index (χ0v) is 12.7. The Morgan fingerprint density at radius 2 is 2.05 bits per heavy atom. The molecule has 0 saturated carbocycles. The number of nitrogens with zero attached hydrogens (tertiary/aromatic N) is 2. The van der Waals surface area contributed by atoms with E-state index in [9.17, 15) is 15.2 Å². The molecule has 0 unspecified atom stereocenters. The van der Waals surface area contributed by atoms with Gasteiger partial charge in [-0.3, -0.25) is 15.1 Å². The maximum Gasteiger partial charge on any atom is 0.312 e. The van der Waals surface area contributed by atoms with E-state index in [2.05, 4.69) is 4.99 Å². The SMILES string of the molecule is C[C@@H](CN=Cc1cc(Cl)cc([N+](=O)[O-])c1O)c1ccccc1. The fourth-order valence-corrected chi connectivity index (χ4v) is 2.26. The summed E-state index contributed by atoms with van der Waals surface area (Å²) < 4.78 is 0. The summed E-state index contributed by atoms with van der Waals surface area (Å²) in [7, 11) is 0. The first-order chi connectivity index (χ1) is 10.5. The highest BCUT2D eigenvalue weighted by Gasteiger charge is 2.17. The first-order valence-electron chi connectivity index (χ1n) is 6.70. The Balaban J connectivity index is 2.15. The van der Waals surface area contributed by atoms with Crippen molar-refractivity contribution < 1.29 is 10.0 Å². The molecule has 0 heterocycles. The molecular weight excluding hydrogens is 304 g/mol. The van der Waals surface area contributed by atoms with Gasteiger partial charge in [-0.2, -0.15) is 0 Å². The first-order valence-corrected chi connectivity index (χ1v) is 7.08. The van der Waals surface area contributed by atoms with Crippen molar-refractivity contribution in [2.45, 2.75) is 12.8 Å². The van der Waals surface area contributed by atoms with Crippen LogP contribution in [-0.4, -0.2) is 22.8 Å². The lowest BCUT2D eigenvalue weighted by atomic mass is 10.0. The molecule has 2 aromatic carbocycles. The van der Waals surface area contributed by atoms with E-state index in [1.165, 1.54) is 12.3 Å². The van der Waals surface area contributed by atoms with Crippen LogP contribution in [-0.2, 0) is 0 Å². The molecule has 5 nitrogen and oxygen atoms in total. The fraction of sp³-hybridized carbons (Fsp3) is 0.188. The van der Waals surface area contributed by atoms with Crippen molar-refractivity contribution >= 4 is 23.5 Å². The Hall–Kier alpha value is -2.40. The van der Waals surface area contributed by atoms with Gasteiger partial charge in [0.1, 0.15) is 0 Å². The third-order valence-electron chi connectivity index (χ3n) is 3.26. The molecule has 1 atom stereocenters. The summed E-state index contributed by atoms with van der Waals surface area (Å²) in [5, 5.41) is 20.9. The van der Waals surface area contributed by atoms with Crippen molar-refractivity contribution in [3.8, 4) is 5.75 Å². The van der Waals surface area contributed by atoms with Gasteiger partial charge in [-0.1, -0.05) is 48.9 Å². The van der Waals surface area contributed by atoms with Crippen molar-refractivity contribution in [3.05, 3.63) is 68.7 Å².